The van der Waals surface area contributed by atoms with Crippen molar-refractivity contribution in [2.45, 2.75) is 115 Å². The molecule has 0 bridgehead atoms. The molecule has 3 aromatic rings. The molecule has 4 heterocycles. The van der Waals surface area contributed by atoms with Gasteiger partial charge in [-0.3, -0.25) is 14.2 Å². The van der Waals surface area contributed by atoms with Crippen LogP contribution in [0.3, 0.4) is 0 Å². The summed E-state index contributed by atoms with van der Waals surface area (Å²) in [5.41, 5.74) is 1.47. The van der Waals surface area contributed by atoms with Gasteiger partial charge in [-0.2, -0.15) is 0 Å². The van der Waals surface area contributed by atoms with Crippen LogP contribution in [0.15, 0.2) is 37.9 Å². The van der Waals surface area contributed by atoms with Crippen molar-refractivity contribution in [3.63, 3.8) is 0 Å². The second-order valence-electron chi connectivity index (χ2n) is 15.7. The fourth-order valence-corrected chi connectivity index (χ4v) is 9.75. The number of nitrogens with zero attached hydrogens (tertiary/aromatic N) is 2. The fraction of sp³-hybridized carbons (Fsp3) is 0.615. The first-order chi connectivity index (χ1) is 25.6. The van der Waals surface area contributed by atoms with Crippen molar-refractivity contribution < 1.29 is 41.9 Å². The highest BCUT2D eigenvalue weighted by Gasteiger charge is 2.51. The van der Waals surface area contributed by atoms with E-state index in [1.807, 2.05) is 28.8 Å². The predicted molar refractivity (Wildman–Crippen MR) is 189 cm³/mol. The Morgan fingerprint density at radius 3 is 2.43 bits per heavy atom. The highest BCUT2D eigenvalue weighted by molar-refractivity contribution is 6.02. The second-order valence-corrected chi connectivity index (χ2v) is 15.7. The summed E-state index contributed by atoms with van der Waals surface area (Å²) in [4.78, 5) is 66.7. The van der Waals surface area contributed by atoms with E-state index in [0.717, 1.165) is 62.3 Å². The van der Waals surface area contributed by atoms with Gasteiger partial charge in [0.25, 0.3) is 0 Å². The zero-order chi connectivity index (χ0) is 36.9. The van der Waals surface area contributed by atoms with Gasteiger partial charge < -0.3 is 33.8 Å². The molecule has 13 nitrogen and oxygen atoms in total. The van der Waals surface area contributed by atoms with Crippen LogP contribution in [0.5, 0.6) is 0 Å². The zero-order valence-corrected chi connectivity index (χ0v) is 30.0. The summed E-state index contributed by atoms with van der Waals surface area (Å²) in [6.07, 6.45) is 10.2. The predicted octanol–water partition coefficient (Wildman–Crippen LogP) is 6.31. The number of ether oxygens (including phenoxy) is 2. The molecule has 2 N–H and O–H groups in total. The van der Waals surface area contributed by atoms with Gasteiger partial charge in [0, 0.05) is 36.4 Å². The molecule has 2 aromatic heterocycles. The van der Waals surface area contributed by atoms with Crippen LogP contribution in [0.25, 0.3) is 10.9 Å². The summed E-state index contributed by atoms with van der Waals surface area (Å²) in [5.74, 6) is -1.20. The lowest BCUT2D eigenvalue weighted by molar-refractivity contribution is -0.142. The normalized spacial score (nSPS) is 25.8. The quantitative estimate of drug-likeness (QED) is 0.240. The first-order valence-corrected chi connectivity index (χ1v) is 19.2. The molecule has 2 aliphatic heterocycles. The molecule has 1 saturated heterocycles. The number of aromatic nitrogens is 1. The minimum atomic E-state index is -0.894. The van der Waals surface area contributed by atoms with Crippen LogP contribution < -0.4 is 16.5 Å². The average Bonchev–Trinajstić information content (AvgIpc) is 3.91. The molecule has 284 valence electrons. The van der Waals surface area contributed by atoms with Crippen molar-refractivity contribution in [2.75, 3.05) is 18.5 Å². The van der Waals surface area contributed by atoms with Crippen LogP contribution in [0.2, 0.25) is 0 Å². The summed E-state index contributed by atoms with van der Waals surface area (Å²) in [7, 11) is 0. The summed E-state index contributed by atoms with van der Waals surface area (Å²) < 4.78 is 36.7. The minimum absolute atomic E-state index is 0.0355. The Morgan fingerprint density at radius 1 is 0.981 bits per heavy atom. The van der Waals surface area contributed by atoms with E-state index < -0.39 is 36.4 Å². The van der Waals surface area contributed by atoms with Crippen LogP contribution in [-0.4, -0.2) is 58.6 Å². The minimum Gasteiger partial charge on any atom is -0.441 e. The van der Waals surface area contributed by atoms with Crippen LogP contribution in [-0.2, 0) is 31.4 Å². The molecule has 8 rings (SSSR count). The van der Waals surface area contributed by atoms with Crippen molar-refractivity contribution >= 4 is 40.5 Å². The van der Waals surface area contributed by atoms with Gasteiger partial charge in [-0.15, -0.1) is 0 Å². The van der Waals surface area contributed by atoms with Gasteiger partial charge >= 0.3 is 17.9 Å². The Labute approximate surface area is 305 Å². The van der Waals surface area contributed by atoms with Crippen LogP contribution in [0.4, 0.5) is 14.9 Å². The van der Waals surface area contributed by atoms with E-state index in [1.165, 1.54) is 13.3 Å². The van der Waals surface area contributed by atoms with Crippen LogP contribution in [0, 0.1) is 30.6 Å². The number of anilines is 1. The topological polar surface area (TPSA) is 162 Å². The number of nitrogens with one attached hydrogen (secondary N) is 2. The van der Waals surface area contributed by atoms with Gasteiger partial charge in [-0.25, -0.2) is 18.8 Å². The van der Waals surface area contributed by atoms with Crippen molar-refractivity contribution in [3.05, 3.63) is 52.1 Å². The van der Waals surface area contributed by atoms with E-state index in [1.54, 1.807) is 4.90 Å². The van der Waals surface area contributed by atoms with Gasteiger partial charge in [0.15, 0.2) is 23.9 Å². The number of esters is 1. The molecule has 0 radical (unpaired) electrons. The summed E-state index contributed by atoms with van der Waals surface area (Å²) in [6.45, 7) is 0.913. The maximum absolute atomic E-state index is 14.3. The number of alkyl carbamates (subject to hydrolysis) is 1. The van der Waals surface area contributed by atoms with Gasteiger partial charge in [0.1, 0.15) is 18.4 Å². The molecular formula is C39H47FN4O9. The van der Waals surface area contributed by atoms with Gasteiger partial charge in [-0.1, -0.05) is 32.1 Å². The number of carbonyl (C=O) groups excluding carboxylic acids is 4. The third-order valence-corrected chi connectivity index (χ3v) is 12.7. The second kappa shape index (κ2) is 14.3. The molecule has 1 spiro atoms. The summed E-state index contributed by atoms with van der Waals surface area (Å²) in [5, 5.41) is 6.60. The molecule has 1 aromatic carbocycles. The first-order valence-electron chi connectivity index (χ1n) is 19.2. The Hall–Kier alpha value is -4.62. The maximum atomic E-state index is 14.3. The maximum Gasteiger partial charge on any atom is 0.519 e. The van der Waals surface area contributed by atoms with Gasteiger partial charge in [0.2, 0.25) is 11.8 Å². The van der Waals surface area contributed by atoms with E-state index in [9.17, 15) is 28.4 Å². The van der Waals surface area contributed by atoms with E-state index >= 15 is 0 Å². The van der Waals surface area contributed by atoms with Crippen molar-refractivity contribution in [1.82, 2.24) is 14.8 Å². The molecule has 14 heteroatoms. The number of fused-ring (bicyclic) bond motifs is 4. The molecule has 4 fully saturated rings. The molecule has 1 unspecified atom stereocenters. The first kappa shape index (κ1) is 35.4. The van der Waals surface area contributed by atoms with Gasteiger partial charge in [-0.05, 0) is 87.5 Å². The zero-order valence-electron chi connectivity index (χ0n) is 30.0. The highest BCUT2D eigenvalue weighted by atomic mass is 19.1. The Kier molecular flexibility index (Phi) is 9.56. The van der Waals surface area contributed by atoms with E-state index in [-0.39, 0.29) is 53.7 Å². The Bertz CT molecular complexity index is 1950. The average molecular weight is 735 g/mol. The number of aryl methyl sites for hydroxylation is 1. The molecular weight excluding hydrogens is 687 g/mol. The number of amides is 3. The van der Waals surface area contributed by atoms with E-state index in [4.69, 9.17) is 18.3 Å². The summed E-state index contributed by atoms with van der Waals surface area (Å²) >= 11 is 0. The van der Waals surface area contributed by atoms with Crippen LogP contribution >= 0.6 is 0 Å². The number of halogens is 1. The smallest absolute Gasteiger partial charge is 0.441 e. The van der Waals surface area contributed by atoms with Crippen molar-refractivity contribution in [2.24, 2.45) is 23.7 Å². The highest BCUT2D eigenvalue weighted by Crippen LogP contribution is 2.48. The fourth-order valence-electron chi connectivity index (χ4n) is 9.75. The lowest BCUT2D eigenvalue weighted by Crippen LogP contribution is -2.50. The Morgan fingerprint density at radius 2 is 1.75 bits per heavy atom. The van der Waals surface area contributed by atoms with Crippen molar-refractivity contribution in [1.29, 1.82) is 0 Å². The lowest BCUT2D eigenvalue weighted by atomic mass is 9.76. The van der Waals surface area contributed by atoms with Crippen LogP contribution in [0.1, 0.15) is 105 Å². The monoisotopic (exact) mass is 734 g/mol. The van der Waals surface area contributed by atoms with Crippen molar-refractivity contribution in [3.8, 4) is 0 Å². The van der Waals surface area contributed by atoms with E-state index in [2.05, 4.69) is 10.6 Å². The molecule has 3 saturated carbocycles. The molecule has 3 amide bonds. The number of likely N-dealkylation sites (tertiary alicyclic amines) is 1. The summed E-state index contributed by atoms with van der Waals surface area (Å²) in [6, 6.07) is 6.15. The number of carbonyl (C=O) groups is 4. The number of hydrogen-bond donors (Lipinski definition) is 2. The third kappa shape index (κ3) is 6.62. The Balaban J connectivity index is 0.927. The van der Waals surface area contributed by atoms with E-state index in [0.29, 0.717) is 49.5 Å². The molecule has 5 aliphatic rings. The molecule has 3 atom stereocenters. The van der Waals surface area contributed by atoms with Gasteiger partial charge in [0.05, 0.1) is 11.6 Å². The molecule has 3 aliphatic carbocycles. The third-order valence-electron chi connectivity index (χ3n) is 12.7. The standard InChI is InChI=1S/C39H47FN4O9/c1-22-32(52-38(49)51-22)21-50-37(48)42-29(20-40)24-8-10-25(11-9-24)35(46)43-17-14-28(23-6-3-2-4-7-23)33(43)34(45)41-27-12-13-30-26(18-27)19-31-36(47)53-39(44(30)31)15-5-16-39/h12-13,18-19,23-25,28-29,33H,2-11,14-17,20-21H2,1H3,(H,41,45)(H,42,48)/t24-,25-,28?,29-,33+/m1/s1. The molecule has 53 heavy (non-hydrogen) atoms. The number of rotatable bonds is 9. The largest absolute Gasteiger partial charge is 0.519 e. The SMILES string of the molecule is Cc1oc(=O)oc1COC(=O)N[C@H](CF)[C@H]1CC[C@H](C(=O)N2CCC(C3CCCCC3)[C@H]2C(=O)Nc2ccc3c(c2)cc2n3C3(CCC3)OC2=O)CC1. The number of hydrogen-bond acceptors (Lipinski definition) is 9. The number of alkyl halides is 1. The lowest BCUT2D eigenvalue weighted by Gasteiger charge is -2.38. The number of benzene rings is 1.